The molecule has 0 rings (SSSR count). The van der Waals surface area contributed by atoms with Crippen LogP contribution in [0.4, 0.5) is 0 Å². The molecule has 0 aromatic carbocycles. The highest BCUT2D eigenvalue weighted by atomic mass is 16.5. The Hall–Kier alpha value is -0.0400. The fourth-order valence-electron chi connectivity index (χ4n) is 1.18. The third-order valence-electron chi connectivity index (χ3n) is 2.15. The van der Waals surface area contributed by atoms with Gasteiger partial charge in [0.1, 0.15) is 0 Å². The van der Waals surface area contributed by atoms with E-state index in [9.17, 15) is 0 Å². The van der Waals surface area contributed by atoms with Crippen LogP contribution >= 0.6 is 0 Å². The van der Waals surface area contributed by atoms with Gasteiger partial charge in [0.15, 0.2) is 0 Å². The molecule has 0 aliphatic rings. The van der Waals surface area contributed by atoms with E-state index in [2.05, 4.69) is 20.8 Å². The van der Waals surface area contributed by atoms with Crippen molar-refractivity contribution in [3.63, 3.8) is 0 Å². The molecule has 0 spiro atoms. The Morgan fingerprint density at radius 2 is 1.67 bits per heavy atom. The van der Waals surface area contributed by atoms with E-state index in [1.165, 1.54) is 19.3 Å². The van der Waals surface area contributed by atoms with E-state index in [1.807, 2.05) is 21.0 Å². The topological polar surface area (TPSA) is 9.23 Å². The SMILES string of the molecule is CC.CCCC(OC)C(C)CC. The summed E-state index contributed by atoms with van der Waals surface area (Å²) in [6.07, 6.45) is 4.13. The van der Waals surface area contributed by atoms with Gasteiger partial charge in [0, 0.05) is 7.11 Å². The first-order valence-electron chi connectivity index (χ1n) is 5.29. The Balaban J connectivity index is 0. The van der Waals surface area contributed by atoms with Crippen molar-refractivity contribution in [2.24, 2.45) is 5.92 Å². The molecule has 0 amide bonds. The highest BCUT2D eigenvalue weighted by Gasteiger charge is 2.12. The standard InChI is InChI=1S/C9H20O.C2H6/c1-5-7-9(10-4)8(3)6-2;1-2/h8-9H,5-7H2,1-4H3;1-2H3. The third-order valence-corrected chi connectivity index (χ3v) is 2.15. The summed E-state index contributed by atoms with van der Waals surface area (Å²) in [5.74, 6) is 0.713. The Labute approximate surface area is 78.5 Å². The number of hydrogen-bond acceptors (Lipinski definition) is 1. The molecule has 2 unspecified atom stereocenters. The van der Waals surface area contributed by atoms with Crippen LogP contribution in [0.15, 0.2) is 0 Å². The molecule has 1 nitrogen and oxygen atoms in total. The maximum Gasteiger partial charge on any atom is 0.0596 e. The average molecular weight is 174 g/mol. The highest BCUT2D eigenvalue weighted by molar-refractivity contribution is 4.63. The van der Waals surface area contributed by atoms with Crippen LogP contribution in [-0.4, -0.2) is 13.2 Å². The molecule has 0 aliphatic carbocycles. The van der Waals surface area contributed by atoms with E-state index in [0.29, 0.717) is 12.0 Å². The van der Waals surface area contributed by atoms with Gasteiger partial charge >= 0.3 is 0 Å². The fraction of sp³-hybridized carbons (Fsp3) is 1.00. The molecule has 0 saturated heterocycles. The first kappa shape index (κ1) is 14.5. The second-order valence-electron chi connectivity index (χ2n) is 2.95. The van der Waals surface area contributed by atoms with Crippen LogP contribution in [0.2, 0.25) is 0 Å². The summed E-state index contributed by atoms with van der Waals surface area (Å²) in [4.78, 5) is 0. The van der Waals surface area contributed by atoms with Crippen molar-refractivity contribution in [3.8, 4) is 0 Å². The largest absolute Gasteiger partial charge is 0.381 e. The van der Waals surface area contributed by atoms with Gasteiger partial charge in [0.05, 0.1) is 6.10 Å². The lowest BCUT2D eigenvalue weighted by Crippen LogP contribution is -2.19. The van der Waals surface area contributed by atoms with Crippen molar-refractivity contribution in [2.45, 2.75) is 60.0 Å². The zero-order valence-electron chi connectivity index (χ0n) is 9.68. The molecule has 0 aromatic heterocycles. The van der Waals surface area contributed by atoms with Crippen molar-refractivity contribution >= 4 is 0 Å². The van der Waals surface area contributed by atoms with Gasteiger partial charge in [0.25, 0.3) is 0 Å². The smallest absolute Gasteiger partial charge is 0.0596 e. The molecular weight excluding hydrogens is 148 g/mol. The first-order chi connectivity index (χ1) is 5.76. The lowest BCUT2D eigenvalue weighted by atomic mass is 9.98. The van der Waals surface area contributed by atoms with Crippen LogP contribution in [-0.2, 0) is 4.74 Å². The predicted octanol–water partition coefficient (Wildman–Crippen LogP) is 3.87. The van der Waals surface area contributed by atoms with Crippen LogP contribution in [0.1, 0.15) is 53.9 Å². The molecular formula is C11H26O. The maximum atomic E-state index is 5.34. The van der Waals surface area contributed by atoms with Crippen LogP contribution in [0.3, 0.4) is 0 Å². The van der Waals surface area contributed by atoms with Crippen LogP contribution < -0.4 is 0 Å². The summed E-state index contributed by atoms with van der Waals surface area (Å²) in [6.45, 7) is 10.7. The lowest BCUT2D eigenvalue weighted by molar-refractivity contribution is 0.0499. The van der Waals surface area contributed by atoms with Gasteiger partial charge in [-0.15, -0.1) is 0 Å². The fourth-order valence-corrected chi connectivity index (χ4v) is 1.18. The van der Waals surface area contributed by atoms with Gasteiger partial charge in [-0.2, -0.15) is 0 Å². The van der Waals surface area contributed by atoms with Gasteiger partial charge in [0.2, 0.25) is 0 Å². The number of hydrogen-bond donors (Lipinski definition) is 0. The van der Waals surface area contributed by atoms with Crippen molar-refractivity contribution in [1.82, 2.24) is 0 Å². The van der Waals surface area contributed by atoms with E-state index in [0.717, 1.165) is 0 Å². The molecule has 0 fully saturated rings. The van der Waals surface area contributed by atoms with Gasteiger partial charge in [-0.25, -0.2) is 0 Å². The summed E-state index contributed by atoms with van der Waals surface area (Å²) < 4.78 is 5.34. The molecule has 2 atom stereocenters. The minimum atomic E-state index is 0.481. The van der Waals surface area contributed by atoms with Crippen molar-refractivity contribution < 1.29 is 4.74 Å². The Morgan fingerprint density at radius 1 is 1.17 bits per heavy atom. The molecule has 0 aliphatic heterocycles. The van der Waals surface area contributed by atoms with Gasteiger partial charge in [-0.1, -0.05) is 47.5 Å². The van der Waals surface area contributed by atoms with Crippen molar-refractivity contribution in [3.05, 3.63) is 0 Å². The van der Waals surface area contributed by atoms with Crippen LogP contribution in [0.25, 0.3) is 0 Å². The van der Waals surface area contributed by atoms with E-state index in [1.54, 1.807) is 0 Å². The molecule has 1 heteroatoms. The molecule has 12 heavy (non-hydrogen) atoms. The Morgan fingerprint density at radius 3 is 1.92 bits per heavy atom. The first-order valence-corrected chi connectivity index (χ1v) is 5.29. The Bertz CT molecular complexity index is 71.4. The minimum absolute atomic E-state index is 0.481. The lowest BCUT2D eigenvalue weighted by Gasteiger charge is -2.20. The monoisotopic (exact) mass is 174 g/mol. The van der Waals surface area contributed by atoms with E-state index in [4.69, 9.17) is 4.74 Å². The molecule has 0 saturated carbocycles. The van der Waals surface area contributed by atoms with E-state index < -0.39 is 0 Å². The zero-order chi connectivity index (χ0) is 9.98. The molecule has 0 radical (unpaired) electrons. The molecule has 0 N–H and O–H groups in total. The molecule has 0 bridgehead atoms. The maximum absolute atomic E-state index is 5.34. The quantitative estimate of drug-likeness (QED) is 0.614. The summed E-state index contributed by atoms with van der Waals surface area (Å²) >= 11 is 0. The molecule has 76 valence electrons. The van der Waals surface area contributed by atoms with Gasteiger partial charge in [-0.3, -0.25) is 0 Å². The van der Waals surface area contributed by atoms with Crippen LogP contribution in [0.5, 0.6) is 0 Å². The summed E-state index contributed by atoms with van der Waals surface area (Å²) in [7, 11) is 1.81. The predicted molar refractivity (Wildman–Crippen MR) is 56.5 cm³/mol. The van der Waals surface area contributed by atoms with E-state index >= 15 is 0 Å². The summed E-state index contributed by atoms with van der Waals surface area (Å²) in [5, 5.41) is 0. The molecule has 0 aromatic rings. The summed E-state index contributed by atoms with van der Waals surface area (Å²) in [6, 6.07) is 0. The number of methoxy groups -OCH3 is 1. The highest BCUT2D eigenvalue weighted by Crippen LogP contribution is 2.15. The van der Waals surface area contributed by atoms with Gasteiger partial charge in [-0.05, 0) is 12.3 Å². The normalized spacial score (nSPS) is 14.5. The van der Waals surface area contributed by atoms with Crippen molar-refractivity contribution in [2.75, 3.05) is 7.11 Å². The van der Waals surface area contributed by atoms with Gasteiger partial charge < -0.3 is 4.74 Å². The zero-order valence-corrected chi connectivity index (χ0v) is 9.68. The summed E-state index contributed by atoms with van der Waals surface area (Å²) in [5.41, 5.74) is 0. The third kappa shape index (κ3) is 6.66. The number of ether oxygens (including phenoxy) is 1. The second-order valence-corrected chi connectivity index (χ2v) is 2.95. The van der Waals surface area contributed by atoms with Crippen LogP contribution in [0, 0.1) is 5.92 Å². The second kappa shape index (κ2) is 11.0. The minimum Gasteiger partial charge on any atom is -0.381 e. The molecule has 0 heterocycles. The average Bonchev–Trinajstić information content (AvgIpc) is 2.16. The number of rotatable bonds is 5. The van der Waals surface area contributed by atoms with E-state index in [-0.39, 0.29) is 0 Å². The van der Waals surface area contributed by atoms with Crippen molar-refractivity contribution in [1.29, 1.82) is 0 Å². The Kier molecular flexibility index (Phi) is 13.2.